The van der Waals surface area contributed by atoms with Crippen LogP contribution in [0.1, 0.15) is 76.0 Å². The second kappa shape index (κ2) is 3.73. The quantitative estimate of drug-likeness (QED) is 0.596. The number of hydrogen-bond donors (Lipinski definition) is 0. The van der Waals surface area contributed by atoms with Crippen molar-refractivity contribution >= 4 is 0 Å². The van der Waals surface area contributed by atoms with Gasteiger partial charge in [-0.2, -0.15) is 0 Å². The molecule has 0 unspecified atom stereocenters. The van der Waals surface area contributed by atoms with Crippen molar-refractivity contribution in [3.63, 3.8) is 0 Å². The van der Waals surface area contributed by atoms with Gasteiger partial charge in [0, 0.05) is 0 Å². The second-order valence-corrected chi connectivity index (χ2v) is 7.89. The van der Waals surface area contributed by atoms with Crippen LogP contribution in [-0.4, -0.2) is 0 Å². The molecule has 1 aromatic rings. The largest absolute Gasteiger partial charge is 0.357 e. The predicted molar refractivity (Wildman–Crippen MR) is 79.5 cm³/mol. The van der Waals surface area contributed by atoms with Crippen LogP contribution in [0.5, 0.6) is 0 Å². The van der Waals surface area contributed by atoms with Crippen molar-refractivity contribution in [1.29, 1.82) is 0 Å². The van der Waals surface area contributed by atoms with E-state index in [1.54, 1.807) is 0 Å². The van der Waals surface area contributed by atoms with E-state index in [0.717, 1.165) is 0 Å². The molecular weight excluding hydrogens is 232 g/mol. The van der Waals surface area contributed by atoms with Gasteiger partial charge in [-0.25, -0.2) is 0 Å². The van der Waals surface area contributed by atoms with E-state index in [-0.39, 0.29) is 23.0 Å². The van der Waals surface area contributed by atoms with E-state index in [1.807, 2.05) is 0 Å². The van der Waals surface area contributed by atoms with Gasteiger partial charge in [-0.1, -0.05) is 65.8 Å². The Hall–Kier alpha value is -1.08. The average molecular weight is 256 g/mol. The van der Waals surface area contributed by atoms with Crippen molar-refractivity contribution in [3.8, 4) is 0 Å². The van der Waals surface area contributed by atoms with Gasteiger partial charge in [0.05, 0.1) is 0 Å². The molecule has 2 heterocycles. The maximum Gasteiger partial charge on any atom is 0.103 e. The predicted octanol–water partition coefficient (Wildman–Crippen LogP) is 4.96. The Morgan fingerprint density at radius 3 is 2.05 bits per heavy atom. The third-order valence-corrected chi connectivity index (χ3v) is 4.23. The van der Waals surface area contributed by atoms with E-state index in [9.17, 15) is 0 Å². The number of benzene rings is 1. The molecule has 1 aromatic carbocycles. The number of rotatable bonds is 0. The van der Waals surface area contributed by atoms with Gasteiger partial charge in [0.25, 0.3) is 0 Å². The fourth-order valence-corrected chi connectivity index (χ4v) is 3.07. The highest BCUT2D eigenvalue weighted by Crippen LogP contribution is 2.50. The van der Waals surface area contributed by atoms with Crippen molar-refractivity contribution in [1.82, 2.24) is 0 Å². The van der Waals surface area contributed by atoms with E-state index >= 15 is 0 Å². The lowest BCUT2D eigenvalue weighted by molar-refractivity contribution is 0.0873. The second-order valence-electron chi connectivity index (χ2n) is 7.89. The van der Waals surface area contributed by atoms with E-state index in [0.29, 0.717) is 0 Å². The third-order valence-electron chi connectivity index (χ3n) is 4.23. The summed E-state index contributed by atoms with van der Waals surface area (Å²) >= 11 is 0. The lowest BCUT2D eigenvalue weighted by Gasteiger charge is -2.29. The first kappa shape index (κ1) is 12.9. The summed E-state index contributed by atoms with van der Waals surface area (Å²) in [5, 5.41) is 0. The third kappa shape index (κ3) is 1.95. The van der Waals surface area contributed by atoms with Crippen LogP contribution in [0.4, 0.5) is 0 Å². The Morgan fingerprint density at radius 1 is 0.842 bits per heavy atom. The summed E-state index contributed by atoms with van der Waals surface area (Å²) in [5.41, 5.74) is 6.03. The fraction of sp³-hybridized carbons (Fsp3) is 0.556. The average Bonchev–Trinajstić information content (AvgIpc) is 2.85. The Morgan fingerprint density at radius 2 is 1.47 bits per heavy atom. The molecule has 3 rings (SSSR count). The molecule has 2 atom stereocenters. The summed E-state index contributed by atoms with van der Waals surface area (Å²) < 4.78 is 6.04. The van der Waals surface area contributed by atoms with Crippen LogP contribution in [0.3, 0.4) is 0 Å². The lowest BCUT2D eigenvalue weighted by atomic mass is 9.75. The maximum absolute atomic E-state index is 6.04. The molecule has 19 heavy (non-hydrogen) atoms. The molecule has 0 saturated heterocycles. The molecule has 0 spiro atoms. The van der Waals surface area contributed by atoms with Gasteiger partial charge in [-0.15, -0.1) is 0 Å². The fourth-order valence-electron chi connectivity index (χ4n) is 3.07. The molecule has 0 saturated carbocycles. The first-order chi connectivity index (χ1) is 8.68. The van der Waals surface area contributed by atoms with Gasteiger partial charge in [-0.05, 0) is 33.1 Å². The van der Waals surface area contributed by atoms with Gasteiger partial charge in [0.15, 0.2) is 0 Å². The molecular formula is C18H24O. The first-order valence-corrected chi connectivity index (χ1v) is 7.20. The molecule has 2 bridgehead atoms. The molecule has 0 fully saturated rings. The Balaban J connectivity index is 2.25. The van der Waals surface area contributed by atoms with Crippen molar-refractivity contribution < 1.29 is 4.74 Å². The Kier molecular flexibility index (Phi) is 2.54. The van der Waals surface area contributed by atoms with Crippen LogP contribution in [0, 0.1) is 0 Å². The summed E-state index contributed by atoms with van der Waals surface area (Å²) in [6, 6.07) is 4.76. The van der Waals surface area contributed by atoms with Gasteiger partial charge in [-0.3, -0.25) is 0 Å². The summed E-state index contributed by atoms with van der Waals surface area (Å²) in [5.74, 6) is 0. The number of hydrogen-bond acceptors (Lipinski definition) is 1. The van der Waals surface area contributed by atoms with Crippen molar-refractivity contribution in [3.05, 3.63) is 46.5 Å². The van der Waals surface area contributed by atoms with Crippen LogP contribution in [0.2, 0.25) is 0 Å². The topological polar surface area (TPSA) is 9.23 Å². The smallest absolute Gasteiger partial charge is 0.103 e. The van der Waals surface area contributed by atoms with Gasteiger partial charge < -0.3 is 4.74 Å². The minimum absolute atomic E-state index is 0.160. The molecule has 2 aliphatic heterocycles. The minimum Gasteiger partial charge on any atom is -0.357 e. The molecule has 0 amide bonds. The number of fused-ring (bicyclic) bond motifs is 5. The van der Waals surface area contributed by atoms with Crippen LogP contribution in [-0.2, 0) is 15.6 Å². The summed E-state index contributed by atoms with van der Waals surface area (Å²) in [4.78, 5) is 0. The highest BCUT2D eigenvalue weighted by atomic mass is 16.5. The molecule has 1 heteroatoms. The molecule has 0 aromatic heterocycles. The summed E-state index contributed by atoms with van der Waals surface area (Å²) in [7, 11) is 0. The Labute approximate surface area is 116 Å². The van der Waals surface area contributed by atoms with E-state index in [4.69, 9.17) is 4.74 Å². The SMILES string of the molecule is CC(C)(C)c1cc2c(c(C(C)(C)C)c1)[C@@H]1C=C[C@H]2O1. The van der Waals surface area contributed by atoms with Gasteiger partial charge in [0.2, 0.25) is 0 Å². The van der Waals surface area contributed by atoms with Crippen molar-refractivity contribution in [2.24, 2.45) is 0 Å². The van der Waals surface area contributed by atoms with E-state index in [2.05, 4.69) is 65.8 Å². The van der Waals surface area contributed by atoms with Crippen LogP contribution in [0.25, 0.3) is 0 Å². The summed E-state index contributed by atoms with van der Waals surface area (Å²) in [6.07, 6.45) is 4.77. The van der Waals surface area contributed by atoms with Gasteiger partial charge >= 0.3 is 0 Å². The first-order valence-electron chi connectivity index (χ1n) is 7.20. The van der Waals surface area contributed by atoms with E-state index < -0.39 is 0 Å². The van der Waals surface area contributed by atoms with Crippen LogP contribution >= 0.6 is 0 Å². The molecule has 0 radical (unpaired) electrons. The maximum atomic E-state index is 6.04. The molecule has 1 nitrogen and oxygen atoms in total. The molecule has 0 aliphatic carbocycles. The zero-order chi connectivity index (χ0) is 14.0. The van der Waals surface area contributed by atoms with E-state index in [1.165, 1.54) is 22.3 Å². The zero-order valence-corrected chi connectivity index (χ0v) is 12.9. The van der Waals surface area contributed by atoms with Crippen LogP contribution in [0.15, 0.2) is 24.3 Å². The molecule has 0 N–H and O–H groups in total. The normalized spacial score (nSPS) is 24.9. The number of ether oxygens (including phenoxy) is 1. The zero-order valence-electron chi connectivity index (χ0n) is 12.9. The highest BCUT2D eigenvalue weighted by molar-refractivity contribution is 5.53. The lowest BCUT2D eigenvalue weighted by Crippen LogP contribution is -2.20. The van der Waals surface area contributed by atoms with Gasteiger partial charge in [0.1, 0.15) is 12.2 Å². The summed E-state index contributed by atoms with van der Waals surface area (Å²) in [6.45, 7) is 13.7. The monoisotopic (exact) mass is 256 g/mol. The molecule has 102 valence electrons. The highest BCUT2D eigenvalue weighted by Gasteiger charge is 2.38. The molecule has 2 aliphatic rings. The van der Waals surface area contributed by atoms with Crippen molar-refractivity contribution in [2.45, 2.75) is 64.6 Å². The standard InChI is InChI=1S/C18H24O/c1-17(2,3)11-9-12-14-7-8-15(19-14)16(12)13(10-11)18(4,5)6/h7-10,14-15H,1-6H3/t14-,15+/m1/s1. The Bertz CT molecular complexity index is 552. The van der Waals surface area contributed by atoms with Crippen molar-refractivity contribution in [2.75, 3.05) is 0 Å². The van der Waals surface area contributed by atoms with Crippen LogP contribution < -0.4 is 0 Å². The minimum atomic E-state index is 0.160.